The Labute approximate surface area is 126 Å². The molecule has 0 spiro atoms. The van der Waals surface area contributed by atoms with E-state index in [0.717, 1.165) is 14.3 Å². The number of hydrogen-bond acceptors (Lipinski definition) is 3. The molecule has 0 bridgehead atoms. The molecule has 3 nitrogen and oxygen atoms in total. The van der Waals surface area contributed by atoms with E-state index in [2.05, 4.69) is 22.6 Å². The summed E-state index contributed by atoms with van der Waals surface area (Å²) in [5, 5.41) is 2.10. The summed E-state index contributed by atoms with van der Waals surface area (Å²) in [6.07, 6.45) is 0. The van der Waals surface area contributed by atoms with Crippen molar-refractivity contribution in [1.82, 2.24) is 0 Å². The average Bonchev–Trinajstić information content (AvgIpc) is 2.42. The fourth-order valence-corrected chi connectivity index (χ4v) is 2.87. The van der Waals surface area contributed by atoms with Crippen molar-refractivity contribution in [3.63, 3.8) is 0 Å². The molecule has 2 aromatic rings. The summed E-state index contributed by atoms with van der Waals surface area (Å²) in [5.41, 5.74) is 0.492. The van der Waals surface area contributed by atoms with Crippen LogP contribution in [0.5, 0.6) is 5.75 Å². The number of hydrogen-bond donors (Lipinski definition) is 0. The molecule has 2 aromatic carbocycles. The minimum absolute atomic E-state index is 0.338. The largest absolute Gasteiger partial charge is 0.492 e. The van der Waals surface area contributed by atoms with E-state index in [1.165, 1.54) is 0 Å². The van der Waals surface area contributed by atoms with Gasteiger partial charge in [-0.3, -0.25) is 0 Å². The van der Waals surface area contributed by atoms with Crippen LogP contribution in [0, 0.1) is 3.57 Å². The van der Waals surface area contributed by atoms with Gasteiger partial charge >= 0.3 is 5.97 Å². The highest BCUT2D eigenvalue weighted by Crippen LogP contribution is 2.34. The second-order valence-corrected chi connectivity index (χ2v) is 5.02. The van der Waals surface area contributed by atoms with Crippen LogP contribution in [0.3, 0.4) is 0 Å². The normalized spacial score (nSPS) is 10.5. The van der Waals surface area contributed by atoms with Crippen molar-refractivity contribution in [1.29, 1.82) is 0 Å². The smallest absolute Gasteiger partial charge is 0.341 e. The van der Waals surface area contributed by atoms with E-state index in [9.17, 15) is 4.79 Å². The van der Waals surface area contributed by atoms with Crippen LogP contribution in [0.4, 0.5) is 0 Å². The summed E-state index contributed by atoms with van der Waals surface area (Å²) in [6.45, 7) is 4.57. The minimum atomic E-state index is -0.338. The fraction of sp³-hybridized carbons (Fsp3) is 0.267. The van der Waals surface area contributed by atoms with Crippen LogP contribution in [-0.2, 0) is 4.74 Å². The molecule has 0 saturated heterocycles. The minimum Gasteiger partial charge on any atom is -0.492 e. The van der Waals surface area contributed by atoms with Crippen LogP contribution >= 0.6 is 22.6 Å². The number of benzene rings is 2. The molecule has 0 atom stereocenters. The summed E-state index contributed by atoms with van der Waals surface area (Å²) in [5.74, 6) is 0.273. The second kappa shape index (κ2) is 6.23. The molecule has 0 amide bonds. The highest BCUT2D eigenvalue weighted by molar-refractivity contribution is 14.1. The Morgan fingerprint density at radius 1 is 1.21 bits per heavy atom. The van der Waals surface area contributed by atoms with E-state index in [4.69, 9.17) is 9.47 Å². The van der Waals surface area contributed by atoms with Crippen molar-refractivity contribution < 1.29 is 14.3 Å². The molecule has 0 radical (unpaired) electrons. The first-order valence-electron chi connectivity index (χ1n) is 6.20. The van der Waals surface area contributed by atoms with E-state index >= 15 is 0 Å². The predicted octanol–water partition coefficient (Wildman–Crippen LogP) is 4.02. The third kappa shape index (κ3) is 2.83. The van der Waals surface area contributed by atoms with Crippen LogP contribution in [0.2, 0.25) is 0 Å². The van der Waals surface area contributed by atoms with Crippen LogP contribution in [0.1, 0.15) is 24.2 Å². The molecule has 0 N–H and O–H groups in total. The first-order valence-corrected chi connectivity index (χ1v) is 7.28. The Balaban J connectivity index is 2.66. The highest BCUT2D eigenvalue weighted by atomic mass is 127. The van der Waals surface area contributed by atoms with Crippen LogP contribution < -0.4 is 4.74 Å². The molecule has 4 heteroatoms. The first-order chi connectivity index (χ1) is 9.19. The first kappa shape index (κ1) is 14.1. The van der Waals surface area contributed by atoms with Gasteiger partial charge in [0, 0.05) is 0 Å². The molecule has 0 aliphatic heterocycles. The Morgan fingerprint density at radius 3 is 2.63 bits per heavy atom. The zero-order valence-electron chi connectivity index (χ0n) is 10.9. The standard InChI is InChI=1S/C15H15IO3/c1-3-18-14-12(15(17)19-4-2)9-10-7-5-6-8-11(10)13(14)16/h5-9H,3-4H2,1-2H3. The summed E-state index contributed by atoms with van der Waals surface area (Å²) >= 11 is 2.22. The van der Waals surface area contributed by atoms with Crippen LogP contribution in [-0.4, -0.2) is 19.2 Å². The molecule has 0 unspecified atom stereocenters. The Morgan fingerprint density at radius 2 is 1.95 bits per heavy atom. The van der Waals surface area contributed by atoms with Crippen molar-refractivity contribution in [2.24, 2.45) is 0 Å². The zero-order valence-corrected chi connectivity index (χ0v) is 13.1. The lowest BCUT2D eigenvalue weighted by atomic mass is 10.1. The maximum atomic E-state index is 12.0. The highest BCUT2D eigenvalue weighted by Gasteiger charge is 2.19. The van der Waals surface area contributed by atoms with Gasteiger partial charge in [0.2, 0.25) is 0 Å². The SMILES string of the molecule is CCOC(=O)c1cc2ccccc2c(I)c1OCC. The number of carbonyl (C=O) groups is 1. The number of carbonyl (C=O) groups excluding carboxylic acids is 1. The van der Waals surface area contributed by atoms with Crippen molar-refractivity contribution in [2.45, 2.75) is 13.8 Å². The summed E-state index contributed by atoms with van der Waals surface area (Å²) in [7, 11) is 0. The topological polar surface area (TPSA) is 35.5 Å². The van der Waals surface area contributed by atoms with E-state index in [1.54, 1.807) is 6.92 Å². The predicted molar refractivity (Wildman–Crippen MR) is 83.8 cm³/mol. The third-order valence-corrected chi connectivity index (χ3v) is 3.80. The number of fused-ring (bicyclic) bond motifs is 1. The molecule has 19 heavy (non-hydrogen) atoms. The Hall–Kier alpha value is -1.30. The van der Waals surface area contributed by atoms with Gasteiger partial charge in [-0.25, -0.2) is 4.79 Å². The van der Waals surface area contributed by atoms with E-state index in [-0.39, 0.29) is 5.97 Å². The third-order valence-electron chi connectivity index (χ3n) is 2.73. The van der Waals surface area contributed by atoms with Gasteiger partial charge in [-0.1, -0.05) is 24.3 Å². The van der Waals surface area contributed by atoms with Gasteiger partial charge in [-0.15, -0.1) is 0 Å². The van der Waals surface area contributed by atoms with E-state index in [0.29, 0.717) is 24.5 Å². The monoisotopic (exact) mass is 370 g/mol. The van der Waals surface area contributed by atoms with Gasteiger partial charge in [0.25, 0.3) is 0 Å². The molecule has 0 fully saturated rings. The summed E-state index contributed by atoms with van der Waals surface area (Å²) < 4.78 is 11.7. The Kier molecular flexibility index (Phi) is 4.63. The van der Waals surface area contributed by atoms with Crippen LogP contribution in [0.15, 0.2) is 30.3 Å². The molecule has 100 valence electrons. The van der Waals surface area contributed by atoms with Gasteiger partial charge < -0.3 is 9.47 Å². The van der Waals surface area contributed by atoms with Crippen molar-refractivity contribution in [2.75, 3.05) is 13.2 Å². The van der Waals surface area contributed by atoms with Crippen molar-refractivity contribution >= 4 is 39.3 Å². The lowest BCUT2D eigenvalue weighted by molar-refractivity contribution is 0.0522. The van der Waals surface area contributed by atoms with Gasteiger partial charge in [0.1, 0.15) is 11.3 Å². The van der Waals surface area contributed by atoms with E-state index < -0.39 is 0 Å². The number of ether oxygens (including phenoxy) is 2. The lowest BCUT2D eigenvalue weighted by Gasteiger charge is -2.14. The zero-order chi connectivity index (χ0) is 13.8. The van der Waals surface area contributed by atoms with Crippen molar-refractivity contribution in [3.8, 4) is 5.75 Å². The van der Waals surface area contributed by atoms with Crippen molar-refractivity contribution in [3.05, 3.63) is 39.5 Å². The molecule has 0 aliphatic carbocycles. The fourth-order valence-electron chi connectivity index (χ4n) is 1.93. The van der Waals surface area contributed by atoms with Gasteiger partial charge in [-0.2, -0.15) is 0 Å². The molecular formula is C15H15IO3. The van der Waals surface area contributed by atoms with E-state index in [1.807, 2.05) is 37.3 Å². The van der Waals surface area contributed by atoms with Gasteiger partial charge in [0.15, 0.2) is 0 Å². The quantitative estimate of drug-likeness (QED) is 0.603. The molecule has 0 heterocycles. The van der Waals surface area contributed by atoms with Gasteiger partial charge in [0.05, 0.1) is 16.8 Å². The summed E-state index contributed by atoms with van der Waals surface area (Å²) in [4.78, 5) is 12.0. The Bertz CT molecular complexity index is 608. The molecule has 2 rings (SSSR count). The second-order valence-electron chi connectivity index (χ2n) is 3.94. The maximum Gasteiger partial charge on any atom is 0.341 e. The molecule has 0 saturated carbocycles. The van der Waals surface area contributed by atoms with Crippen LogP contribution in [0.25, 0.3) is 10.8 Å². The van der Waals surface area contributed by atoms with Gasteiger partial charge in [-0.05, 0) is 53.3 Å². The molecule has 0 aromatic heterocycles. The molecule has 0 aliphatic rings. The number of esters is 1. The average molecular weight is 370 g/mol. The number of rotatable bonds is 4. The maximum absolute atomic E-state index is 12.0. The number of halogens is 1. The summed E-state index contributed by atoms with van der Waals surface area (Å²) in [6, 6.07) is 9.77. The molecular weight excluding hydrogens is 355 g/mol. The lowest BCUT2D eigenvalue weighted by Crippen LogP contribution is -2.09.